The number of rotatable bonds is 4. The zero-order chi connectivity index (χ0) is 11.4. The Morgan fingerprint density at radius 3 is 2.88 bits per heavy atom. The number of methoxy groups -OCH3 is 1. The Kier molecular flexibility index (Phi) is 4.09. The van der Waals surface area contributed by atoms with E-state index >= 15 is 0 Å². The average Bonchev–Trinajstić information content (AvgIpc) is 2.73. The van der Waals surface area contributed by atoms with E-state index in [0.29, 0.717) is 17.8 Å². The van der Waals surface area contributed by atoms with Crippen LogP contribution in [0.2, 0.25) is 0 Å². The number of nitrogens with zero attached hydrogens (tertiary/aromatic N) is 2. The highest BCUT2D eigenvalue weighted by molar-refractivity contribution is 7.15. The van der Waals surface area contributed by atoms with Crippen molar-refractivity contribution in [1.82, 2.24) is 10.2 Å². The van der Waals surface area contributed by atoms with E-state index in [1.807, 2.05) is 0 Å². The van der Waals surface area contributed by atoms with Crippen LogP contribution in [0.5, 0.6) is 0 Å². The summed E-state index contributed by atoms with van der Waals surface area (Å²) < 4.78 is 11.1. The van der Waals surface area contributed by atoms with Crippen molar-refractivity contribution < 1.29 is 9.47 Å². The minimum Gasteiger partial charge on any atom is -0.381 e. The lowest BCUT2D eigenvalue weighted by Crippen LogP contribution is -2.27. The van der Waals surface area contributed by atoms with E-state index in [-0.39, 0.29) is 6.10 Å². The van der Waals surface area contributed by atoms with Crippen LogP contribution in [0.4, 0.5) is 5.13 Å². The third-order valence-electron chi connectivity index (χ3n) is 2.84. The maximum absolute atomic E-state index is 5.79. The van der Waals surface area contributed by atoms with Crippen molar-refractivity contribution in [1.29, 1.82) is 0 Å². The summed E-state index contributed by atoms with van der Waals surface area (Å²) >= 11 is 1.38. The Labute approximate surface area is 99.0 Å². The number of anilines is 1. The lowest BCUT2D eigenvalue weighted by atomic mass is 9.95. The second kappa shape index (κ2) is 5.56. The third kappa shape index (κ3) is 3.13. The molecule has 2 rings (SSSR count). The van der Waals surface area contributed by atoms with Crippen LogP contribution in [0.1, 0.15) is 30.7 Å². The second-order valence-corrected chi connectivity index (χ2v) is 5.09. The summed E-state index contributed by atoms with van der Waals surface area (Å²) in [6, 6.07) is 0. The number of ether oxygens (including phenoxy) is 2. The molecule has 1 aromatic rings. The van der Waals surface area contributed by atoms with E-state index in [1.165, 1.54) is 17.8 Å². The zero-order valence-electron chi connectivity index (χ0n) is 9.39. The van der Waals surface area contributed by atoms with Gasteiger partial charge in [-0.15, -0.1) is 10.2 Å². The molecule has 16 heavy (non-hydrogen) atoms. The van der Waals surface area contributed by atoms with E-state index in [2.05, 4.69) is 10.2 Å². The standard InChI is InChI=1S/C10H17N3O2S/c1-14-7-3-2-4-8(5-7)15-6-9-12-13-10(11)16-9/h7-8H,2-6H2,1H3,(H2,11,13). The lowest BCUT2D eigenvalue weighted by molar-refractivity contribution is -0.0364. The minimum atomic E-state index is 0.281. The van der Waals surface area contributed by atoms with Crippen LogP contribution >= 0.6 is 11.3 Å². The topological polar surface area (TPSA) is 70.3 Å². The number of hydrogen-bond acceptors (Lipinski definition) is 6. The molecule has 0 spiro atoms. The molecule has 1 heterocycles. The summed E-state index contributed by atoms with van der Waals surface area (Å²) in [5.74, 6) is 0. The molecule has 1 saturated carbocycles. The Bertz CT molecular complexity index is 332. The smallest absolute Gasteiger partial charge is 0.203 e. The number of hydrogen-bond donors (Lipinski definition) is 1. The molecule has 2 unspecified atom stereocenters. The monoisotopic (exact) mass is 243 g/mol. The predicted octanol–water partition coefficient (Wildman–Crippen LogP) is 1.59. The Morgan fingerprint density at radius 2 is 2.19 bits per heavy atom. The first-order chi connectivity index (χ1) is 7.78. The molecule has 5 nitrogen and oxygen atoms in total. The molecule has 1 fully saturated rings. The first kappa shape index (κ1) is 11.8. The molecule has 0 aliphatic heterocycles. The van der Waals surface area contributed by atoms with Gasteiger partial charge in [0.15, 0.2) is 0 Å². The molecule has 90 valence electrons. The second-order valence-electron chi connectivity index (χ2n) is 3.99. The quantitative estimate of drug-likeness (QED) is 0.869. The van der Waals surface area contributed by atoms with Crippen molar-refractivity contribution in [2.75, 3.05) is 12.8 Å². The van der Waals surface area contributed by atoms with E-state index < -0.39 is 0 Å². The van der Waals surface area contributed by atoms with Crippen LogP contribution in [-0.4, -0.2) is 29.5 Å². The summed E-state index contributed by atoms with van der Waals surface area (Å²) in [6.45, 7) is 0.510. The normalized spacial score (nSPS) is 25.8. The molecule has 0 aromatic carbocycles. The van der Waals surface area contributed by atoms with Gasteiger partial charge >= 0.3 is 0 Å². The fraction of sp³-hybridized carbons (Fsp3) is 0.800. The highest BCUT2D eigenvalue weighted by Gasteiger charge is 2.22. The van der Waals surface area contributed by atoms with Crippen LogP contribution < -0.4 is 5.73 Å². The molecule has 1 aliphatic carbocycles. The highest BCUT2D eigenvalue weighted by atomic mass is 32.1. The van der Waals surface area contributed by atoms with E-state index in [1.54, 1.807) is 7.11 Å². The Morgan fingerprint density at radius 1 is 1.38 bits per heavy atom. The van der Waals surface area contributed by atoms with Crippen LogP contribution in [0.25, 0.3) is 0 Å². The number of nitrogens with two attached hydrogens (primary N) is 1. The number of aromatic nitrogens is 2. The highest BCUT2D eigenvalue weighted by Crippen LogP contribution is 2.24. The lowest BCUT2D eigenvalue weighted by Gasteiger charge is -2.27. The maximum Gasteiger partial charge on any atom is 0.203 e. The van der Waals surface area contributed by atoms with Crippen LogP contribution in [-0.2, 0) is 16.1 Å². The first-order valence-corrected chi connectivity index (χ1v) is 6.32. The van der Waals surface area contributed by atoms with Gasteiger partial charge in [-0.05, 0) is 25.7 Å². The van der Waals surface area contributed by atoms with Crippen molar-refractivity contribution in [3.63, 3.8) is 0 Å². The van der Waals surface area contributed by atoms with Crippen molar-refractivity contribution in [3.8, 4) is 0 Å². The van der Waals surface area contributed by atoms with Gasteiger partial charge in [-0.2, -0.15) is 0 Å². The molecule has 0 saturated heterocycles. The largest absolute Gasteiger partial charge is 0.381 e. The SMILES string of the molecule is COC1CCCC(OCc2nnc(N)s2)C1. The van der Waals surface area contributed by atoms with Crippen LogP contribution in [0, 0.1) is 0 Å². The average molecular weight is 243 g/mol. The molecule has 0 radical (unpaired) electrons. The molecule has 1 aliphatic rings. The van der Waals surface area contributed by atoms with Gasteiger partial charge in [0.25, 0.3) is 0 Å². The van der Waals surface area contributed by atoms with Crippen molar-refractivity contribution in [3.05, 3.63) is 5.01 Å². The fourth-order valence-corrected chi connectivity index (χ4v) is 2.51. The van der Waals surface area contributed by atoms with Crippen LogP contribution in [0.15, 0.2) is 0 Å². The zero-order valence-corrected chi connectivity index (χ0v) is 10.2. The van der Waals surface area contributed by atoms with Gasteiger partial charge in [0.1, 0.15) is 11.6 Å². The molecular weight excluding hydrogens is 226 g/mol. The van der Waals surface area contributed by atoms with Crippen molar-refractivity contribution in [2.24, 2.45) is 0 Å². The van der Waals surface area contributed by atoms with Gasteiger partial charge in [-0.1, -0.05) is 11.3 Å². The fourth-order valence-electron chi connectivity index (χ4n) is 1.98. The van der Waals surface area contributed by atoms with Gasteiger partial charge in [-0.3, -0.25) is 0 Å². The van der Waals surface area contributed by atoms with E-state index in [4.69, 9.17) is 15.2 Å². The van der Waals surface area contributed by atoms with Gasteiger partial charge in [-0.25, -0.2) is 0 Å². The predicted molar refractivity (Wildman–Crippen MR) is 62.2 cm³/mol. The molecule has 0 amide bonds. The summed E-state index contributed by atoms with van der Waals surface area (Å²) in [4.78, 5) is 0. The van der Waals surface area contributed by atoms with Gasteiger partial charge in [0.2, 0.25) is 5.13 Å². The van der Waals surface area contributed by atoms with Gasteiger partial charge in [0.05, 0.1) is 12.2 Å². The molecule has 6 heteroatoms. The molecule has 2 atom stereocenters. The Hall–Kier alpha value is -0.720. The molecule has 1 aromatic heterocycles. The first-order valence-electron chi connectivity index (χ1n) is 5.50. The van der Waals surface area contributed by atoms with Crippen LogP contribution in [0.3, 0.4) is 0 Å². The van der Waals surface area contributed by atoms with Gasteiger partial charge < -0.3 is 15.2 Å². The summed E-state index contributed by atoms with van der Waals surface area (Å²) in [7, 11) is 1.76. The number of nitrogen functional groups attached to an aromatic ring is 1. The molecule has 2 N–H and O–H groups in total. The summed E-state index contributed by atoms with van der Waals surface area (Å²) in [5.41, 5.74) is 5.50. The van der Waals surface area contributed by atoms with Crippen molar-refractivity contribution >= 4 is 16.5 Å². The minimum absolute atomic E-state index is 0.281. The third-order valence-corrected chi connectivity index (χ3v) is 3.56. The summed E-state index contributed by atoms with van der Waals surface area (Å²) in [5, 5.41) is 9.02. The molecular formula is C10H17N3O2S. The Balaban J connectivity index is 1.77. The van der Waals surface area contributed by atoms with E-state index in [9.17, 15) is 0 Å². The van der Waals surface area contributed by atoms with E-state index in [0.717, 1.165) is 24.3 Å². The maximum atomic E-state index is 5.79. The van der Waals surface area contributed by atoms with Gasteiger partial charge in [0, 0.05) is 7.11 Å². The summed E-state index contributed by atoms with van der Waals surface area (Å²) in [6.07, 6.45) is 5.02. The molecule has 0 bridgehead atoms. The van der Waals surface area contributed by atoms with Crippen molar-refractivity contribution in [2.45, 2.75) is 44.5 Å².